The predicted octanol–water partition coefficient (Wildman–Crippen LogP) is 2.01. The highest BCUT2D eigenvalue weighted by Gasteiger charge is 2.14. The Bertz CT molecular complexity index is 205. The molecule has 0 radical (unpaired) electrons. The maximum absolute atomic E-state index is 12.0. The van der Waals surface area contributed by atoms with Crippen LogP contribution in [0.1, 0.15) is 6.42 Å². The highest BCUT2D eigenvalue weighted by molar-refractivity contribution is 7.86. The molecule has 0 amide bonds. The first-order valence-electron chi connectivity index (χ1n) is 3.63. The first kappa shape index (κ1) is 11.1. The zero-order chi connectivity index (χ0) is 9.12. The van der Waals surface area contributed by atoms with Gasteiger partial charge in [-0.3, -0.25) is 0 Å². The van der Waals surface area contributed by atoms with Gasteiger partial charge < -0.3 is 0 Å². The second-order valence-corrected chi connectivity index (χ2v) is 11.0. The third-order valence-corrected chi connectivity index (χ3v) is 3.94. The Balaban J connectivity index is 3.61. The molecular formula is C6H15FO2SSi. The van der Waals surface area contributed by atoms with E-state index in [2.05, 4.69) is 19.6 Å². The molecule has 68 valence electrons. The summed E-state index contributed by atoms with van der Waals surface area (Å²) < 4.78 is 32.1. The minimum absolute atomic E-state index is 0.308. The SMILES string of the molecule is C[Si](C)(C)CCCS(=O)(=O)F. The van der Waals surface area contributed by atoms with Crippen molar-refractivity contribution >= 4 is 18.3 Å². The van der Waals surface area contributed by atoms with Crippen LogP contribution in [0.25, 0.3) is 0 Å². The van der Waals surface area contributed by atoms with Crippen molar-refractivity contribution in [3.63, 3.8) is 0 Å². The summed E-state index contributed by atoms with van der Waals surface area (Å²) in [6.07, 6.45) is 0.467. The second kappa shape index (κ2) is 3.67. The van der Waals surface area contributed by atoms with E-state index >= 15 is 0 Å². The van der Waals surface area contributed by atoms with E-state index in [9.17, 15) is 12.3 Å². The highest BCUT2D eigenvalue weighted by Crippen LogP contribution is 2.12. The third kappa shape index (κ3) is 10.1. The molecule has 0 fully saturated rings. The molecule has 0 aliphatic rings. The molecule has 0 aromatic heterocycles. The van der Waals surface area contributed by atoms with E-state index in [-0.39, 0.29) is 5.75 Å². The van der Waals surface area contributed by atoms with Gasteiger partial charge in [-0.2, -0.15) is 8.42 Å². The fourth-order valence-corrected chi connectivity index (χ4v) is 2.76. The minimum Gasteiger partial charge on any atom is -0.195 e. The lowest BCUT2D eigenvalue weighted by Gasteiger charge is -2.13. The first-order valence-corrected chi connectivity index (χ1v) is 8.89. The molecule has 2 nitrogen and oxygen atoms in total. The van der Waals surface area contributed by atoms with Crippen molar-refractivity contribution in [2.24, 2.45) is 0 Å². The molecule has 0 aliphatic carbocycles. The maximum Gasteiger partial charge on any atom is 0.302 e. The lowest BCUT2D eigenvalue weighted by atomic mass is 10.6. The third-order valence-electron chi connectivity index (χ3n) is 1.31. The average molecular weight is 198 g/mol. The van der Waals surface area contributed by atoms with Gasteiger partial charge in [0.05, 0.1) is 5.75 Å². The largest absolute Gasteiger partial charge is 0.302 e. The van der Waals surface area contributed by atoms with Crippen molar-refractivity contribution in [3.8, 4) is 0 Å². The van der Waals surface area contributed by atoms with Crippen molar-refractivity contribution in [1.29, 1.82) is 0 Å². The van der Waals surface area contributed by atoms with Gasteiger partial charge in [0.1, 0.15) is 0 Å². The Morgan fingerprint density at radius 2 is 1.73 bits per heavy atom. The van der Waals surface area contributed by atoms with Crippen LogP contribution < -0.4 is 0 Å². The van der Waals surface area contributed by atoms with Gasteiger partial charge in [-0.1, -0.05) is 25.7 Å². The average Bonchev–Trinajstić information content (AvgIpc) is 1.55. The molecule has 0 atom stereocenters. The monoisotopic (exact) mass is 198 g/mol. The van der Waals surface area contributed by atoms with E-state index < -0.39 is 18.3 Å². The van der Waals surface area contributed by atoms with Crippen LogP contribution in [0.5, 0.6) is 0 Å². The minimum atomic E-state index is -4.22. The molecule has 0 rings (SSSR count). The van der Waals surface area contributed by atoms with Gasteiger partial charge in [0, 0.05) is 8.07 Å². The summed E-state index contributed by atoms with van der Waals surface area (Å²) in [7, 11) is -5.41. The van der Waals surface area contributed by atoms with Crippen LogP contribution in [0.15, 0.2) is 0 Å². The van der Waals surface area contributed by atoms with E-state index in [0.29, 0.717) is 6.42 Å². The van der Waals surface area contributed by atoms with E-state index in [0.717, 1.165) is 6.04 Å². The molecule has 0 N–H and O–H groups in total. The summed E-state index contributed by atoms with van der Waals surface area (Å²) >= 11 is 0. The van der Waals surface area contributed by atoms with Gasteiger partial charge in [-0.05, 0) is 6.42 Å². The van der Waals surface area contributed by atoms with E-state index in [1.165, 1.54) is 0 Å². The highest BCUT2D eigenvalue weighted by atomic mass is 32.3. The van der Waals surface area contributed by atoms with Crippen molar-refractivity contribution < 1.29 is 12.3 Å². The van der Waals surface area contributed by atoms with E-state index in [1.807, 2.05) is 0 Å². The number of halogens is 1. The lowest BCUT2D eigenvalue weighted by Crippen LogP contribution is -2.19. The molecule has 5 heteroatoms. The lowest BCUT2D eigenvalue weighted by molar-refractivity contribution is 0.550. The zero-order valence-electron chi connectivity index (χ0n) is 7.22. The molecule has 0 saturated heterocycles. The van der Waals surface area contributed by atoms with Gasteiger partial charge >= 0.3 is 10.2 Å². The van der Waals surface area contributed by atoms with Crippen LogP contribution in [0, 0.1) is 0 Å². The molecule has 0 aliphatic heterocycles. The molecule has 0 saturated carbocycles. The number of hydrogen-bond acceptors (Lipinski definition) is 2. The van der Waals surface area contributed by atoms with Crippen molar-refractivity contribution in [1.82, 2.24) is 0 Å². The quantitative estimate of drug-likeness (QED) is 0.511. The normalized spacial score (nSPS) is 13.5. The van der Waals surface area contributed by atoms with Gasteiger partial charge in [-0.15, -0.1) is 3.89 Å². The first-order chi connectivity index (χ1) is 4.71. The van der Waals surface area contributed by atoms with Crippen molar-refractivity contribution in [2.75, 3.05) is 5.75 Å². The van der Waals surface area contributed by atoms with Crippen LogP contribution in [0.3, 0.4) is 0 Å². The van der Waals surface area contributed by atoms with Gasteiger partial charge in [0.15, 0.2) is 0 Å². The molecule has 0 spiro atoms. The Kier molecular flexibility index (Phi) is 3.70. The standard InChI is InChI=1S/C6H15FO2SSi/c1-11(2,3)6-4-5-10(7,8)9/h4-6H2,1-3H3. The summed E-state index contributed by atoms with van der Waals surface area (Å²) in [6.45, 7) is 6.41. The summed E-state index contributed by atoms with van der Waals surface area (Å²) in [6, 6.07) is 0.871. The number of hydrogen-bond donors (Lipinski definition) is 0. The van der Waals surface area contributed by atoms with Crippen molar-refractivity contribution in [3.05, 3.63) is 0 Å². The molecule has 11 heavy (non-hydrogen) atoms. The predicted molar refractivity (Wildman–Crippen MR) is 47.7 cm³/mol. The molecule has 0 aromatic carbocycles. The summed E-state index contributed by atoms with van der Waals surface area (Å²) in [5.41, 5.74) is 0. The van der Waals surface area contributed by atoms with Crippen LogP contribution in [-0.4, -0.2) is 22.2 Å². The number of rotatable bonds is 4. The van der Waals surface area contributed by atoms with Crippen LogP contribution in [0.4, 0.5) is 3.89 Å². The van der Waals surface area contributed by atoms with Crippen LogP contribution >= 0.6 is 0 Å². The molecule has 0 aromatic rings. The topological polar surface area (TPSA) is 34.1 Å². The smallest absolute Gasteiger partial charge is 0.195 e. The molecule has 0 unspecified atom stereocenters. The van der Waals surface area contributed by atoms with E-state index in [4.69, 9.17) is 0 Å². The summed E-state index contributed by atoms with van der Waals surface area (Å²) in [5, 5.41) is 0. The molecule has 0 heterocycles. The van der Waals surface area contributed by atoms with Crippen LogP contribution in [0.2, 0.25) is 25.7 Å². The molecular weight excluding hydrogens is 183 g/mol. The molecule has 0 bridgehead atoms. The summed E-state index contributed by atoms with van der Waals surface area (Å²) in [5.74, 6) is -0.308. The second-order valence-electron chi connectivity index (χ2n) is 3.91. The Hall–Kier alpha value is 0.0969. The van der Waals surface area contributed by atoms with Crippen molar-refractivity contribution in [2.45, 2.75) is 32.1 Å². The fraction of sp³-hybridized carbons (Fsp3) is 1.00. The van der Waals surface area contributed by atoms with Crippen LogP contribution in [-0.2, 0) is 10.2 Å². The fourth-order valence-electron chi connectivity index (χ4n) is 0.775. The maximum atomic E-state index is 12.0. The van der Waals surface area contributed by atoms with Gasteiger partial charge in [0.2, 0.25) is 0 Å². The Morgan fingerprint density at radius 1 is 1.27 bits per heavy atom. The Morgan fingerprint density at radius 3 is 2.00 bits per heavy atom. The summed E-state index contributed by atoms with van der Waals surface area (Å²) in [4.78, 5) is 0. The Labute approximate surface area is 69.0 Å². The van der Waals surface area contributed by atoms with Gasteiger partial charge in [0.25, 0.3) is 0 Å². The zero-order valence-corrected chi connectivity index (χ0v) is 9.04. The van der Waals surface area contributed by atoms with E-state index in [1.54, 1.807) is 0 Å². The van der Waals surface area contributed by atoms with Gasteiger partial charge in [-0.25, -0.2) is 0 Å².